The summed E-state index contributed by atoms with van der Waals surface area (Å²) in [6.45, 7) is 0.720. The first-order chi connectivity index (χ1) is 8.50. The van der Waals surface area contributed by atoms with Gasteiger partial charge in [0.15, 0.2) is 0 Å². The van der Waals surface area contributed by atoms with Crippen molar-refractivity contribution in [2.45, 2.75) is 19.0 Å². The summed E-state index contributed by atoms with van der Waals surface area (Å²) in [7, 11) is 0. The van der Waals surface area contributed by atoms with Crippen LogP contribution >= 0.6 is 0 Å². The smallest absolute Gasteiger partial charge is 0.371 e. The molecular formula is C12H12F3N3. The number of halogens is 3. The second kappa shape index (κ2) is 4.84. The summed E-state index contributed by atoms with van der Waals surface area (Å²) in [4.78, 5) is 5.70. The van der Waals surface area contributed by atoms with E-state index >= 15 is 0 Å². The number of nitrogens with zero attached hydrogens (tertiary/aromatic N) is 3. The Balaban J connectivity index is 2.04. The molecule has 1 aromatic rings. The molecule has 96 valence electrons. The Morgan fingerprint density at radius 2 is 2.00 bits per heavy atom. The molecule has 18 heavy (non-hydrogen) atoms. The molecule has 0 aromatic carbocycles. The van der Waals surface area contributed by atoms with E-state index in [0.29, 0.717) is 13.1 Å². The minimum atomic E-state index is -4.10. The summed E-state index contributed by atoms with van der Waals surface area (Å²) in [5.74, 6) is -1.20. The van der Waals surface area contributed by atoms with E-state index < -0.39 is 12.1 Å². The van der Waals surface area contributed by atoms with Crippen molar-refractivity contribution in [1.29, 1.82) is 5.26 Å². The summed E-state index contributed by atoms with van der Waals surface area (Å²) in [5, 5.41) is 8.73. The average molecular weight is 255 g/mol. The van der Waals surface area contributed by atoms with Crippen LogP contribution in [0.3, 0.4) is 0 Å². The third kappa shape index (κ3) is 2.73. The number of alkyl halides is 3. The number of hydrogen-bond donors (Lipinski definition) is 0. The zero-order chi connectivity index (χ0) is 13.2. The summed E-state index contributed by atoms with van der Waals surface area (Å²) in [6.07, 6.45) is -2.38. The molecule has 0 atom stereocenters. The van der Waals surface area contributed by atoms with Crippen LogP contribution in [0.1, 0.15) is 18.5 Å². The van der Waals surface area contributed by atoms with Gasteiger partial charge in [0.2, 0.25) is 0 Å². The molecule has 0 unspecified atom stereocenters. The van der Waals surface area contributed by atoms with Crippen LogP contribution in [0.15, 0.2) is 18.3 Å². The summed E-state index contributed by atoms with van der Waals surface area (Å²) >= 11 is 0. The second-order valence-corrected chi connectivity index (χ2v) is 4.31. The number of pyridine rings is 1. The number of rotatable bonds is 1. The molecule has 1 fully saturated rings. The Morgan fingerprint density at radius 1 is 1.33 bits per heavy atom. The van der Waals surface area contributed by atoms with Gasteiger partial charge >= 0.3 is 6.18 Å². The fourth-order valence-electron chi connectivity index (χ4n) is 2.14. The Morgan fingerprint density at radius 3 is 2.56 bits per heavy atom. The van der Waals surface area contributed by atoms with Gasteiger partial charge in [-0.1, -0.05) is 0 Å². The SMILES string of the molecule is N#Cc1cc(N2CCC(C(F)(F)F)CC2)ccn1. The highest BCUT2D eigenvalue weighted by molar-refractivity contribution is 5.49. The van der Waals surface area contributed by atoms with Crippen molar-refractivity contribution in [2.24, 2.45) is 5.92 Å². The quantitative estimate of drug-likeness (QED) is 0.774. The molecule has 1 saturated heterocycles. The third-order valence-electron chi connectivity index (χ3n) is 3.18. The lowest BCUT2D eigenvalue weighted by Gasteiger charge is -2.34. The number of nitriles is 1. The molecule has 0 saturated carbocycles. The zero-order valence-corrected chi connectivity index (χ0v) is 9.61. The first-order valence-electron chi connectivity index (χ1n) is 5.68. The fraction of sp³-hybridized carbons (Fsp3) is 0.500. The van der Waals surface area contributed by atoms with Crippen molar-refractivity contribution >= 4 is 5.69 Å². The Labute approximate surface area is 103 Å². The van der Waals surface area contributed by atoms with Gasteiger partial charge < -0.3 is 4.90 Å². The van der Waals surface area contributed by atoms with E-state index in [1.165, 1.54) is 6.20 Å². The van der Waals surface area contributed by atoms with Crippen LogP contribution in [0, 0.1) is 17.2 Å². The molecule has 0 N–H and O–H groups in total. The predicted molar refractivity (Wildman–Crippen MR) is 59.9 cm³/mol. The van der Waals surface area contributed by atoms with E-state index in [2.05, 4.69) is 4.98 Å². The Bertz CT molecular complexity index is 456. The maximum atomic E-state index is 12.5. The van der Waals surface area contributed by atoms with Crippen LogP contribution in [-0.2, 0) is 0 Å². The first-order valence-corrected chi connectivity index (χ1v) is 5.68. The van der Waals surface area contributed by atoms with Gasteiger partial charge in [-0.2, -0.15) is 18.4 Å². The highest BCUT2D eigenvalue weighted by Crippen LogP contribution is 2.35. The molecule has 1 aliphatic heterocycles. The van der Waals surface area contributed by atoms with Crippen molar-refractivity contribution in [3.63, 3.8) is 0 Å². The minimum Gasteiger partial charge on any atom is -0.371 e. The Hall–Kier alpha value is -1.77. The van der Waals surface area contributed by atoms with Crippen LogP contribution in [0.5, 0.6) is 0 Å². The van der Waals surface area contributed by atoms with Gasteiger partial charge in [-0.3, -0.25) is 0 Å². The van der Waals surface area contributed by atoms with Gasteiger partial charge in [0.05, 0.1) is 5.92 Å². The van der Waals surface area contributed by atoms with Crippen molar-refractivity contribution in [3.8, 4) is 6.07 Å². The monoisotopic (exact) mass is 255 g/mol. The van der Waals surface area contributed by atoms with E-state index in [-0.39, 0.29) is 18.5 Å². The molecule has 0 spiro atoms. The lowest BCUT2D eigenvalue weighted by Crippen LogP contribution is -2.39. The van der Waals surface area contributed by atoms with Gasteiger partial charge in [0, 0.05) is 25.0 Å². The summed E-state index contributed by atoms with van der Waals surface area (Å²) in [6, 6.07) is 5.24. The second-order valence-electron chi connectivity index (χ2n) is 4.31. The molecule has 1 aliphatic rings. The highest BCUT2D eigenvalue weighted by Gasteiger charge is 2.41. The minimum absolute atomic E-state index is 0.105. The van der Waals surface area contributed by atoms with Crippen LogP contribution in [0.25, 0.3) is 0 Å². The van der Waals surface area contributed by atoms with E-state index in [1.807, 2.05) is 11.0 Å². The number of aromatic nitrogens is 1. The first kappa shape index (κ1) is 12.7. The average Bonchev–Trinajstić information content (AvgIpc) is 2.38. The van der Waals surface area contributed by atoms with Crippen LogP contribution in [0.4, 0.5) is 18.9 Å². The number of piperidine rings is 1. The van der Waals surface area contributed by atoms with Crippen molar-refractivity contribution in [3.05, 3.63) is 24.0 Å². The molecule has 6 heteroatoms. The van der Waals surface area contributed by atoms with Gasteiger partial charge in [-0.15, -0.1) is 0 Å². The fourth-order valence-corrected chi connectivity index (χ4v) is 2.14. The molecule has 0 amide bonds. The molecule has 0 aliphatic carbocycles. The molecule has 0 radical (unpaired) electrons. The van der Waals surface area contributed by atoms with Gasteiger partial charge in [0.25, 0.3) is 0 Å². The molecule has 2 rings (SSSR count). The van der Waals surface area contributed by atoms with Crippen molar-refractivity contribution in [1.82, 2.24) is 4.98 Å². The molecule has 1 aromatic heterocycles. The van der Waals surface area contributed by atoms with E-state index in [9.17, 15) is 13.2 Å². The third-order valence-corrected chi connectivity index (χ3v) is 3.18. The van der Waals surface area contributed by atoms with E-state index in [0.717, 1.165) is 5.69 Å². The lowest BCUT2D eigenvalue weighted by molar-refractivity contribution is -0.179. The number of anilines is 1. The van der Waals surface area contributed by atoms with Gasteiger partial charge in [-0.25, -0.2) is 4.98 Å². The number of hydrogen-bond acceptors (Lipinski definition) is 3. The van der Waals surface area contributed by atoms with Gasteiger partial charge in [-0.05, 0) is 25.0 Å². The van der Waals surface area contributed by atoms with Crippen molar-refractivity contribution < 1.29 is 13.2 Å². The highest BCUT2D eigenvalue weighted by atomic mass is 19.4. The lowest BCUT2D eigenvalue weighted by atomic mass is 9.96. The summed E-state index contributed by atoms with van der Waals surface area (Å²) < 4.78 is 37.6. The Kier molecular flexibility index (Phi) is 3.41. The van der Waals surface area contributed by atoms with Gasteiger partial charge in [0.1, 0.15) is 11.8 Å². The van der Waals surface area contributed by atoms with E-state index in [4.69, 9.17) is 5.26 Å². The maximum absolute atomic E-state index is 12.5. The zero-order valence-electron chi connectivity index (χ0n) is 9.61. The normalized spacial score (nSPS) is 17.6. The van der Waals surface area contributed by atoms with Crippen molar-refractivity contribution in [2.75, 3.05) is 18.0 Å². The predicted octanol–water partition coefficient (Wildman–Crippen LogP) is 2.73. The topological polar surface area (TPSA) is 39.9 Å². The standard InChI is InChI=1S/C12H12F3N3/c13-12(14,15)9-2-5-18(6-3-9)11-1-4-17-10(7-11)8-16/h1,4,7,9H,2-3,5-6H2. The maximum Gasteiger partial charge on any atom is 0.391 e. The van der Waals surface area contributed by atoms with Crippen LogP contribution < -0.4 is 4.90 Å². The van der Waals surface area contributed by atoms with Crippen LogP contribution in [-0.4, -0.2) is 24.2 Å². The molecule has 3 nitrogen and oxygen atoms in total. The summed E-state index contributed by atoms with van der Waals surface area (Å²) in [5.41, 5.74) is 1.05. The van der Waals surface area contributed by atoms with E-state index in [1.54, 1.807) is 12.1 Å². The largest absolute Gasteiger partial charge is 0.391 e. The molecule has 2 heterocycles. The molecular weight excluding hydrogens is 243 g/mol. The molecule has 0 bridgehead atoms. The van der Waals surface area contributed by atoms with Crippen LogP contribution in [0.2, 0.25) is 0 Å².